The van der Waals surface area contributed by atoms with Gasteiger partial charge in [0, 0.05) is 0 Å². The van der Waals surface area contributed by atoms with Crippen LogP contribution in [0.4, 0.5) is 0 Å². The molecule has 3 N–H and O–H groups in total. The van der Waals surface area contributed by atoms with Crippen molar-refractivity contribution in [2.45, 2.75) is 0 Å². The zero-order chi connectivity index (χ0) is 6.28. The number of hydrogen-bond donors (Lipinski definition) is 3. The van der Waals surface area contributed by atoms with Crippen LogP contribution in [0.25, 0.3) is 0 Å². The highest BCUT2D eigenvalue weighted by molar-refractivity contribution is 7.87. The Morgan fingerprint density at radius 2 is 1.57 bits per heavy atom. The highest BCUT2D eigenvalue weighted by Gasteiger charge is 1.65. The molecule has 0 rings (SSSR count). The molecule has 0 aromatic carbocycles. The molecule has 0 aliphatic carbocycles. The van der Waals surface area contributed by atoms with Gasteiger partial charge in [0.05, 0.1) is 0 Å². The molecule has 0 spiro atoms. The van der Waals surface area contributed by atoms with Crippen LogP contribution in [-0.4, -0.2) is 19.4 Å². The summed E-state index contributed by atoms with van der Waals surface area (Å²) in [5.74, 6) is 0. The van der Waals surface area contributed by atoms with Crippen molar-refractivity contribution in [2.24, 2.45) is 0 Å². The standard InChI is InChI=1S/HNO3.H2O2S/c2-1(3)4;1-3-2/h(H,2,3,4);1-2H. The van der Waals surface area contributed by atoms with Gasteiger partial charge in [-0.1, -0.05) is 0 Å². The molecule has 0 aromatic heterocycles. The normalized spacial score (nSPS) is 6.00. The first-order valence-electron chi connectivity index (χ1n) is 0.930. The minimum Gasteiger partial charge on any atom is -0.328 e. The molecule has 0 saturated carbocycles. The molecule has 6 nitrogen and oxygen atoms in total. The Balaban J connectivity index is 0. The Bertz CT molecular complexity index is 39.3. The first-order valence-corrected chi connectivity index (χ1v) is 1.66. The van der Waals surface area contributed by atoms with Crippen molar-refractivity contribution in [3.05, 3.63) is 10.1 Å². The lowest BCUT2D eigenvalue weighted by molar-refractivity contribution is -0.742. The maximum atomic E-state index is 8.36. The van der Waals surface area contributed by atoms with E-state index < -0.39 is 5.09 Å². The van der Waals surface area contributed by atoms with Crippen LogP contribution in [0, 0.1) is 10.1 Å². The van der Waals surface area contributed by atoms with Gasteiger partial charge in [-0.05, 0) is 0 Å². The Kier molecular flexibility index (Phi) is 12.6. The highest BCUT2D eigenvalue weighted by Crippen LogP contribution is 1.67. The summed E-state index contributed by atoms with van der Waals surface area (Å²) in [5, 5.41) is 13.6. The molecule has 0 heterocycles. The van der Waals surface area contributed by atoms with Gasteiger partial charge in [-0.25, -0.2) is 0 Å². The summed E-state index contributed by atoms with van der Waals surface area (Å²) >= 11 is -0.250. The van der Waals surface area contributed by atoms with Gasteiger partial charge in [0.1, 0.15) is 0 Å². The van der Waals surface area contributed by atoms with Crippen LogP contribution < -0.4 is 0 Å². The van der Waals surface area contributed by atoms with Crippen molar-refractivity contribution in [1.29, 1.82) is 0 Å². The van der Waals surface area contributed by atoms with Crippen molar-refractivity contribution < 1.29 is 19.4 Å². The maximum absolute atomic E-state index is 8.36. The monoisotopic (exact) mass is 129 g/mol. The third-order valence-corrected chi connectivity index (χ3v) is 0. The predicted octanol–water partition coefficient (Wildman–Crippen LogP) is 0.318. The smallest absolute Gasteiger partial charge is 0.291 e. The molecule has 0 aliphatic heterocycles. The SMILES string of the molecule is O=[N+]([O-])O.OSO. The predicted molar refractivity (Wildman–Crippen MR) is 21.6 cm³/mol. The van der Waals surface area contributed by atoms with Crippen LogP contribution >= 0.6 is 12.3 Å². The van der Waals surface area contributed by atoms with Gasteiger partial charge in [-0.2, -0.15) is 0 Å². The quantitative estimate of drug-likeness (QED) is 0.247. The lowest BCUT2D eigenvalue weighted by Crippen LogP contribution is -1.81. The van der Waals surface area contributed by atoms with E-state index in [1.807, 2.05) is 0 Å². The Morgan fingerprint density at radius 3 is 1.57 bits per heavy atom. The largest absolute Gasteiger partial charge is 0.328 e. The average Bonchev–Trinajstić information content (AvgIpc) is 1.33. The summed E-state index contributed by atoms with van der Waals surface area (Å²) in [4.78, 5) is 8.36. The first-order chi connectivity index (χ1) is 3.15. The Hall–Kier alpha value is -0.530. The number of rotatable bonds is 0. The van der Waals surface area contributed by atoms with E-state index in [1.165, 1.54) is 0 Å². The highest BCUT2D eigenvalue weighted by atomic mass is 32.2. The third kappa shape index (κ3) is 234. The van der Waals surface area contributed by atoms with Gasteiger partial charge in [0.15, 0.2) is 12.3 Å². The molecular formula is H3NO5S. The third-order valence-electron chi connectivity index (χ3n) is 0. The molecule has 0 bridgehead atoms. The van der Waals surface area contributed by atoms with Gasteiger partial charge in [0.25, 0.3) is 5.09 Å². The Labute approximate surface area is 42.9 Å². The van der Waals surface area contributed by atoms with Gasteiger partial charge < -0.3 is 14.3 Å². The molecule has 0 aliphatic rings. The van der Waals surface area contributed by atoms with E-state index in [2.05, 4.69) is 0 Å². The van der Waals surface area contributed by atoms with E-state index in [1.54, 1.807) is 0 Å². The van der Waals surface area contributed by atoms with Crippen LogP contribution in [0.1, 0.15) is 0 Å². The van der Waals surface area contributed by atoms with E-state index in [9.17, 15) is 0 Å². The van der Waals surface area contributed by atoms with E-state index in [4.69, 9.17) is 24.4 Å². The van der Waals surface area contributed by atoms with Crippen LogP contribution in [0.5, 0.6) is 0 Å². The van der Waals surface area contributed by atoms with Crippen molar-refractivity contribution in [3.8, 4) is 0 Å². The molecule has 0 unspecified atom stereocenters. The summed E-state index contributed by atoms with van der Waals surface area (Å²) in [6, 6.07) is 0. The van der Waals surface area contributed by atoms with Gasteiger partial charge in [0.2, 0.25) is 0 Å². The van der Waals surface area contributed by atoms with Crippen molar-refractivity contribution in [1.82, 2.24) is 0 Å². The van der Waals surface area contributed by atoms with E-state index >= 15 is 0 Å². The molecule has 0 aromatic rings. The summed E-state index contributed by atoms with van der Waals surface area (Å²) < 4.78 is 14.1. The van der Waals surface area contributed by atoms with E-state index in [0.29, 0.717) is 0 Å². The second-order valence-electron chi connectivity index (χ2n) is 0.319. The van der Waals surface area contributed by atoms with Crippen LogP contribution in [0.15, 0.2) is 0 Å². The molecule has 0 fully saturated rings. The zero-order valence-corrected chi connectivity index (χ0v) is 3.83. The van der Waals surface area contributed by atoms with Gasteiger partial charge >= 0.3 is 0 Å². The molecule has 0 amide bonds. The molecule has 0 saturated heterocycles. The molecule has 0 atom stereocenters. The first kappa shape index (κ1) is 9.69. The van der Waals surface area contributed by atoms with Crippen molar-refractivity contribution >= 4 is 12.3 Å². The molecular weight excluding hydrogens is 126 g/mol. The lowest BCUT2D eigenvalue weighted by Gasteiger charge is -1.56. The van der Waals surface area contributed by atoms with E-state index in [0.717, 1.165) is 0 Å². The van der Waals surface area contributed by atoms with Crippen LogP contribution in [-0.2, 0) is 0 Å². The fourth-order valence-electron chi connectivity index (χ4n) is 0. The summed E-state index contributed by atoms with van der Waals surface area (Å²) in [5.41, 5.74) is 0. The average molecular weight is 129 g/mol. The van der Waals surface area contributed by atoms with E-state index in [-0.39, 0.29) is 12.3 Å². The maximum Gasteiger partial charge on any atom is 0.291 e. The van der Waals surface area contributed by atoms with Crippen molar-refractivity contribution in [3.63, 3.8) is 0 Å². The second-order valence-corrected chi connectivity index (χ2v) is 0.483. The fraction of sp³-hybridized carbons (Fsp3) is 0. The summed E-state index contributed by atoms with van der Waals surface area (Å²) in [6.45, 7) is 0. The summed E-state index contributed by atoms with van der Waals surface area (Å²) in [7, 11) is 0. The topological polar surface area (TPSA) is 104 Å². The minimum absolute atomic E-state index is 0.250. The molecule has 0 radical (unpaired) electrons. The molecule has 44 valence electrons. The van der Waals surface area contributed by atoms with Crippen LogP contribution in [0.2, 0.25) is 0 Å². The summed E-state index contributed by atoms with van der Waals surface area (Å²) in [6.07, 6.45) is 0. The number of nitrogens with zero attached hydrogens (tertiary/aromatic N) is 1. The minimum atomic E-state index is -1.50. The second kappa shape index (κ2) is 9.08. The Morgan fingerprint density at radius 1 is 1.57 bits per heavy atom. The fourth-order valence-corrected chi connectivity index (χ4v) is 0. The molecule has 7 heteroatoms. The lowest BCUT2D eigenvalue weighted by atomic mass is 13.1. The zero-order valence-electron chi connectivity index (χ0n) is 3.01. The van der Waals surface area contributed by atoms with Gasteiger partial charge in [-0.15, -0.1) is 10.1 Å². The van der Waals surface area contributed by atoms with Crippen LogP contribution in [0.3, 0.4) is 0 Å². The van der Waals surface area contributed by atoms with Crippen molar-refractivity contribution in [2.75, 3.05) is 0 Å². The van der Waals surface area contributed by atoms with Gasteiger partial charge in [-0.3, -0.25) is 0 Å². The molecule has 7 heavy (non-hydrogen) atoms. The number of hydrogen-bond acceptors (Lipinski definition) is 5.